The summed E-state index contributed by atoms with van der Waals surface area (Å²) in [7, 11) is 1.55. The molecule has 7 heteroatoms. The van der Waals surface area contributed by atoms with Crippen molar-refractivity contribution in [1.29, 1.82) is 0 Å². The third-order valence-corrected chi connectivity index (χ3v) is 4.89. The zero-order valence-electron chi connectivity index (χ0n) is 16.7. The lowest BCUT2D eigenvalue weighted by Gasteiger charge is -2.23. The average molecular weight is 400 g/mol. The van der Waals surface area contributed by atoms with Crippen molar-refractivity contribution in [3.63, 3.8) is 0 Å². The highest BCUT2D eigenvalue weighted by Gasteiger charge is 2.25. The Morgan fingerprint density at radius 1 is 0.966 bits per heavy atom. The van der Waals surface area contributed by atoms with Crippen molar-refractivity contribution in [2.75, 3.05) is 39.9 Å². The maximum absolute atomic E-state index is 14.0. The highest BCUT2D eigenvalue weighted by atomic mass is 19.1. The van der Waals surface area contributed by atoms with E-state index < -0.39 is 5.82 Å². The van der Waals surface area contributed by atoms with Gasteiger partial charge in [0.1, 0.15) is 5.82 Å². The summed E-state index contributed by atoms with van der Waals surface area (Å²) in [5.74, 6) is 0.0820. The number of rotatable bonds is 5. The van der Waals surface area contributed by atoms with Crippen molar-refractivity contribution in [2.45, 2.75) is 13.3 Å². The molecule has 1 heterocycles. The Balaban J connectivity index is 1.71. The Labute approximate surface area is 169 Å². The number of hydrogen-bond acceptors (Lipinski definition) is 4. The van der Waals surface area contributed by atoms with Crippen LogP contribution in [0, 0.1) is 5.82 Å². The van der Waals surface area contributed by atoms with Gasteiger partial charge < -0.3 is 19.3 Å². The predicted octanol–water partition coefficient (Wildman–Crippen LogP) is 3.22. The molecule has 0 saturated carbocycles. The van der Waals surface area contributed by atoms with E-state index in [1.807, 2.05) is 6.92 Å². The molecule has 1 fully saturated rings. The number of methoxy groups -OCH3 is 1. The van der Waals surface area contributed by atoms with Gasteiger partial charge in [-0.2, -0.15) is 0 Å². The van der Waals surface area contributed by atoms with E-state index in [9.17, 15) is 14.0 Å². The van der Waals surface area contributed by atoms with Crippen LogP contribution in [0.4, 0.5) is 4.39 Å². The highest BCUT2D eigenvalue weighted by Crippen LogP contribution is 2.28. The molecule has 154 valence electrons. The van der Waals surface area contributed by atoms with Gasteiger partial charge in [0.2, 0.25) is 0 Å². The van der Waals surface area contributed by atoms with Crippen LogP contribution in [-0.4, -0.2) is 61.5 Å². The molecule has 1 aliphatic rings. The Hall–Kier alpha value is -3.09. The van der Waals surface area contributed by atoms with Crippen LogP contribution in [0.3, 0.4) is 0 Å². The number of hydrogen-bond donors (Lipinski definition) is 0. The zero-order valence-corrected chi connectivity index (χ0v) is 16.7. The molecular formula is C22H25FN2O4. The van der Waals surface area contributed by atoms with Crippen LogP contribution < -0.4 is 9.47 Å². The second-order valence-electron chi connectivity index (χ2n) is 6.72. The molecule has 3 rings (SSSR count). The summed E-state index contributed by atoms with van der Waals surface area (Å²) in [5.41, 5.74) is 0.562. The molecule has 1 aliphatic heterocycles. The van der Waals surface area contributed by atoms with Gasteiger partial charge in [-0.25, -0.2) is 4.39 Å². The molecule has 0 radical (unpaired) electrons. The standard InChI is InChI=1S/C22H25FN2O4/c1-3-29-20-15-16(9-10-19(20)28-2)21(26)24-11-6-12-25(14-13-24)22(27)17-7-4-5-8-18(17)23/h4-5,7-10,15H,3,6,11-14H2,1-2H3. The molecule has 2 aromatic rings. The molecule has 2 amide bonds. The van der Waals surface area contributed by atoms with Crippen molar-refractivity contribution in [3.05, 3.63) is 59.4 Å². The Morgan fingerprint density at radius 2 is 1.66 bits per heavy atom. The third-order valence-electron chi connectivity index (χ3n) is 4.89. The number of nitrogens with zero attached hydrogens (tertiary/aromatic N) is 2. The predicted molar refractivity (Wildman–Crippen MR) is 107 cm³/mol. The summed E-state index contributed by atoms with van der Waals surface area (Å²) in [4.78, 5) is 29.0. The van der Waals surface area contributed by atoms with Crippen LogP contribution >= 0.6 is 0 Å². The molecule has 0 spiro atoms. The molecule has 0 bridgehead atoms. The minimum absolute atomic E-state index is 0.0591. The van der Waals surface area contributed by atoms with E-state index in [0.29, 0.717) is 56.3 Å². The van der Waals surface area contributed by atoms with E-state index in [0.717, 1.165) is 0 Å². The van der Waals surface area contributed by atoms with Crippen LogP contribution in [0.15, 0.2) is 42.5 Å². The number of amides is 2. The van der Waals surface area contributed by atoms with Crippen LogP contribution in [0.25, 0.3) is 0 Å². The zero-order chi connectivity index (χ0) is 20.8. The number of carbonyl (C=O) groups excluding carboxylic acids is 2. The highest BCUT2D eigenvalue weighted by molar-refractivity contribution is 5.96. The molecule has 29 heavy (non-hydrogen) atoms. The third kappa shape index (κ3) is 4.67. The minimum Gasteiger partial charge on any atom is -0.493 e. The minimum atomic E-state index is -0.531. The molecule has 6 nitrogen and oxygen atoms in total. The first-order chi connectivity index (χ1) is 14.0. The largest absolute Gasteiger partial charge is 0.493 e. The van der Waals surface area contributed by atoms with Gasteiger partial charge in [0.05, 0.1) is 19.3 Å². The van der Waals surface area contributed by atoms with E-state index in [2.05, 4.69) is 0 Å². The smallest absolute Gasteiger partial charge is 0.256 e. The van der Waals surface area contributed by atoms with Crippen molar-refractivity contribution >= 4 is 11.8 Å². The van der Waals surface area contributed by atoms with Gasteiger partial charge in [-0.1, -0.05) is 12.1 Å². The van der Waals surface area contributed by atoms with Gasteiger partial charge in [0.25, 0.3) is 11.8 Å². The summed E-state index contributed by atoms with van der Waals surface area (Å²) in [6.07, 6.45) is 0.625. The first-order valence-electron chi connectivity index (χ1n) is 9.69. The summed E-state index contributed by atoms with van der Waals surface area (Å²) >= 11 is 0. The summed E-state index contributed by atoms with van der Waals surface area (Å²) in [5, 5.41) is 0. The van der Waals surface area contributed by atoms with Crippen LogP contribution in [0.5, 0.6) is 11.5 Å². The molecule has 1 saturated heterocycles. The maximum Gasteiger partial charge on any atom is 0.256 e. The van der Waals surface area contributed by atoms with E-state index in [1.54, 1.807) is 47.2 Å². The van der Waals surface area contributed by atoms with Crippen molar-refractivity contribution in [1.82, 2.24) is 9.80 Å². The van der Waals surface area contributed by atoms with E-state index in [1.165, 1.54) is 12.1 Å². The number of halogens is 1. The quantitative estimate of drug-likeness (QED) is 0.773. The van der Waals surface area contributed by atoms with Crippen molar-refractivity contribution in [2.24, 2.45) is 0 Å². The van der Waals surface area contributed by atoms with Crippen molar-refractivity contribution < 1.29 is 23.5 Å². The van der Waals surface area contributed by atoms with E-state index in [4.69, 9.17) is 9.47 Å². The SMILES string of the molecule is CCOc1cc(C(=O)N2CCCN(C(=O)c3ccccc3F)CC2)ccc1OC. The monoisotopic (exact) mass is 400 g/mol. The Kier molecular flexibility index (Phi) is 6.69. The lowest BCUT2D eigenvalue weighted by atomic mass is 10.1. The fourth-order valence-electron chi connectivity index (χ4n) is 3.39. The lowest BCUT2D eigenvalue weighted by molar-refractivity contribution is 0.0716. The number of ether oxygens (including phenoxy) is 2. The van der Waals surface area contributed by atoms with Crippen LogP contribution in [0.2, 0.25) is 0 Å². The van der Waals surface area contributed by atoms with Gasteiger partial charge in [0, 0.05) is 31.7 Å². The van der Waals surface area contributed by atoms with E-state index in [-0.39, 0.29) is 17.4 Å². The van der Waals surface area contributed by atoms with Gasteiger partial charge in [-0.15, -0.1) is 0 Å². The number of benzene rings is 2. The van der Waals surface area contributed by atoms with Gasteiger partial charge in [0.15, 0.2) is 11.5 Å². The molecule has 0 unspecified atom stereocenters. The molecule has 0 N–H and O–H groups in total. The number of carbonyl (C=O) groups is 2. The average Bonchev–Trinajstić information content (AvgIpc) is 2.99. The van der Waals surface area contributed by atoms with Crippen LogP contribution in [0.1, 0.15) is 34.1 Å². The Bertz CT molecular complexity index is 887. The van der Waals surface area contributed by atoms with Gasteiger partial charge >= 0.3 is 0 Å². The van der Waals surface area contributed by atoms with E-state index >= 15 is 0 Å². The van der Waals surface area contributed by atoms with Crippen molar-refractivity contribution in [3.8, 4) is 11.5 Å². The molecule has 0 aromatic heterocycles. The summed E-state index contributed by atoms with van der Waals surface area (Å²) < 4.78 is 24.8. The molecule has 2 aromatic carbocycles. The second-order valence-corrected chi connectivity index (χ2v) is 6.72. The molecule has 0 aliphatic carbocycles. The molecule has 0 atom stereocenters. The Morgan fingerprint density at radius 3 is 2.31 bits per heavy atom. The van der Waals surface area contributed by atoms with Gasteiger partial charge in [-0.05, 0) is 43.7 Å². The first kappa shape index (κ1) is 20.6. The summed E-state index contributed by atoms with van der Waals surface area (Å²) in [6, 6.07) is 11.1. The van der Waals surface area contributed by atoms with Crippen LogP contribution in [-0.2, 0) is 0 Å². The topological polar surface area (TPSA) is 59.1 Å². The fraction of sp³-hybridized carbons (Fsp3) is 0.364. The first-order valence-corrected chi connectivity index (χ1v) is 9.69. The maximum atomic E-state index is 14.0. The second kappa shape index (κ2) is 9.41. The molecular weight excluding hydrogens is 375 g/mol. The van der Waals surface area contributed by atoms with Gasteiger partial charge in [-0.3, -0.25) is 9.59 Å². The summed E-state index contributed by atoms with van der Waals surface area (Å²) in [6.45, 7) is 4.07. The fourth-order valence-corrected chi connectivity index (χ4v) is 3.39. The lowest BCUT2D eigenvalue weighted by Crippen LogP contribution is -2.37. The normalized spacial score (nSPS) is 14.3.